The molecule has 9 heteroatoms. The van der Waals surface area contributed by atoms with Crippen molar-refractivity contribution in [3.8, 4) is 34.3 Å². The van der Waals surface area contributed by atoms with Crippen LogP contribution in [-0.2, 0) is 10.0 Å². The maximum Gasteiger partial charge on any atom is 0.258 e. The Bertz CT molecular complexity index is 1180. The van der Waals surface area contributed by atoms with Gasteiger partial charge in [-0.15, -0.1) is 0 Å². The van der Waals surface area contributed by atoms with Gasteiger partial charge in [-0.3, -0.25) is 0 Å². The van der Waals surface area contributed by atoms with Gasteiger partial charge in [0.2, 0.25) is 15.8 Å². The number of piperidine rings is 1. The van der Waals surface area contributed by atoms with Gasteiger partial charge in [0.25, 0.3) is 5.89 Å². The molecule has 33 heavy (non-hydrogen) atoms. The molecule has 1 saturated heterocycles. The molecule has 1 aliphatic rings. The second-order valence-electron chi connectivity index (χ2n) is 8.06. The molecule has 0 bridgehead atoms. The minimum absolute atomic E-state index is 0.275. The van der Waals surface area contributed by atoms with Crippen molar-refractivity contribution in [1.29, 1.82) is 0 Å². The average molecular weight is 472 g/mol. The summed E-state index contributed by atoms with van der Waals surface area (Å²) < 4.78 is 44.2. The lowest BCUT2D eigenvalue weighted by atomic mass is 10.0. The van der Waals surface area contributed by atoms with Crippen LogP contribution in [0.2, 0.25) is 0 Å². The average Bonchev–Trinajstić information content (AvgIpc) is 3.31. The van der Waals surface area contributed by atoms with Crippen LogP contribution in [0.15, 0.2) is 51.9 Å². The van der Waals surface area contributed by atoms with Crippen LogP contribution < -0.4 is 9.47 Å². The minimum atomic E-state index is -3.50. The lowest BCUT2D eigenvalue weighted by Crippen LogP contribution is -2.37. The van der Waals surface area contributed by atoms with Crippen molar-refractivity contribution in [1.82, 2.24) is 14.4 Å². The molecule has 3 aromatic rings. The Morgan fingerprint density at radius 3 is 2.27 bits per heavy atom. The van der Waals surface area contributed by atoms with E-state index in [1.54, 1.807) is 34.6 Å². The fraction of sp³-hybridized carbons (Fsp3) is 0.417. The molecule has 0 N–H and O–H groups in total. The number of hydrogen-bond donors (Lipinski definition) is 0. The predicted octanol–water partition coefficient (Wildman–Crippen LogP) is 4.62. The molecule has 1 aromatic heterocycles. The maximum atomic E-state index is 12.9. The summed E-state index contributed by atoms with van der Waals surface area (Å²) in [6.07, 6.45) is 1.78. The second-order valence-corrected chi connectivity index (χ2v) is 10.00. The number of rotatable bonds is 8. The molecule has 0 aliphatic carbocycles. The van der Waals surface area contributed by atoms with Gasteiger partial charge in [0, 0.05) is 24.2 Å². The molecular weight excluding hydrogens is 442 g/mol. The highest BCUT2D eigenvalue weighted by Crippen LogP contribution is 2.33. The Morgan fingerprint density at radius 2 is 1.61 bits per heavy atom. The second kappa shape index (κ2) is 9.93. The fourth-order valence-corrected chi connectivity index (χ4v) is 5.26. The minimum Gasteiger partial charge on any atom is -0.490 e. The molecule has 1 fully saturated rings. The zero-order chi connectivity index (χ0) is 23.4. The summed E-state index contributed by atoms with van der Waals surface area (Å²) in [6, 6.07) is 12.1. The summed E-state index contributed by atoms with van der Waals surface area (Å²) >= 11 is 0. The Kier molecular flexibility index (Phi) is 6.99. The van der Waals surface area contributed by atoms with Crippen molar-refractivity contribution in [3.63, 3.8) is 0 Å². The van der Waals surface area contributed by atoms with E-state index in [1.165, 1.54) is 0 Å². The molecule has 0 saturated carbocycles. The highest BCUT2D eigenvalue weighted by Gasteiger charge is 2.28. The van der Waals surface area contributed by atoms with E-state index in [9.17, 15) is 8.42 Å². The Labute approximate surface area is 194 Å². The summed E-state index contributed by atoms with van der Waals surface area (Å²) in [5.74, 6) is 2.55. The lowest BCUT2D eigenvalue weighted by Gasteiger charge is -2.29. The van der Waals surface area contributed by atoms with E-state index in [0.717, 1.165) is 12.8 Å². The van der Waals surface area contributed by atoms with Crippen molar-refractivity contribution < 1.29 is 22.4 Å². The van der Waals surface area contributed by atoms with Gasteiger partial charge in [-0.25, -0.2) is 8.42 Å². The summed E-state index contributed by atoms with van der Waals surface area (Å²) in [7, 11) is -3.50. The molecule has 0 amide bonds. The summed E-state index contributed by atoms with van der Waals surface area (Å²) in [6.45, 7) is 8.14. The molecule has 0 unspecified atom stereocenters. The molecular formula is C24H29N3O5S. The molecule has 8 nitrogen and oxygen atoms in total. The van der Waals surface area contributed by atoms with Crippen molar-refractivity contribution in [3.05, 3.63) is 42.5 Å². The molecule has 2 aromatic carbocycles. The third-order valence-corrected chi connectivity index (χ3v) is 7.62. The van der Waals surface area contributed by atoms with Gasteiger partial charge in [-0.1, -0.05) is 12.1 Å². The van der Waals surface area contributed by atoms with Gasteiger partial charge in [-0.2, -0.15) is 9.29 Å². The zero-order valence-corrected chi connectivity index (χ0v) is 20.0. The van der Waals surface area contributed by atoms with Crippen LogP contribution in [0.1, 0.15) is 33.6 Å². The van der Waals surface area contributed by atoms with Gasteiger partial charge in [0.05, 0.1) is 18.1 Å². The predicted molar refractivity (Wildman–Crippen MR) is 125 cm³/mol. The third-order valence-electron chi connectivity index (χ3n) is 5.71. The first kappa shape index (κ1) is 23.3. The van der Waals surface area contributed by atoms with E-state index in [4.69, 9.17) is 14.0 Å². The molecule has 176 valence electrons. The molecule has 0 radical (unpaired) electrons. The van der Waals surface area contributed by atoms with Crippen LogP contribution >= 0.6 is 0 Å². The van der Waals surface area contributed by atoms with Crippen LogP contribution in [0.3, 0.4) is 0 Å². The molecule has 0 atom stereocenters. The van der Waals surface area contributed by atoms with Crippen molar-refractivity contribution >= 4 is 10.0 Å². The Hall–Kier alpha value is -2.91. The van der Waals surface area contributed by atoms with Crippen LogP contribution in [0.4, 0.5) is 0 Å². The number of ether oxygens (including phenoxy) is 2. The number of aromatic nitrogens is 2. The Balaban J connectivity index is 1.54. The van der Waals surface area contributed by atoms with Crippen LogP contribution in [0.5, 0.6) is 11.5 Å². The first-order valence-corrected chi connectivity index (χ1v) is 12.7. The molecule has 1 aliphatic heterocycles. The van der Waals surface area contributed by atoms with Crippen LogP contribution in [-0.4, -0.2) is 49.2 Å². The summed E-state index contributed by atoms with van der Waals surface area (Å²) in [5.41, 5.74) is 1.38. The fourth-order valence-electron chi connectivity index (χ4n) is 3.79. The van der Waals surface area contributed by atoms with Gasteiger partial charge in [-0.05, 0) is 75.1 Å². The van der Waals surface area contributed by atoms with Crippen molar-refractivity contribution in [2.75, 3.05) is 26.3 Å². The monoisotopic (exact) mass is 471 g/mol. The number of hydrogen-bond acceptors (Lipinski definition) is 7. The van der Waals surface area contributed by atoms with Crippen molar-refractivity contribution in [2.45, 2.75) is 38.5 Å². The highest BCUT2D eigenvalue weighted by molar-refractivity contribution is 7.89. The third kappa shape index (κ3) is 5.04. The van der Waals surface area contributed by atoms with E-state index in [0.29, 0.717) is 66.6 Å². The van der Waals surface area contributed by atoms with Gasteiger partial charge in [0.1, 0.15) is 0 Å². The topological polar surface area (TPSA) is 94.8 Å². The van der Waals surface area contributed by atoms with E-state index < -0.39 is 10.0 Å². The van der Waals surface area contributed by atoms with E-state index in [2.05, 4.69) is 17.1 Å². The summed E-state index contributed by atoms with van der Waals surface area (Å²) in [5, 5.41) is 4.07. The molecule has 4 rings (SSSR count). The Morgan fingerprint density at radius 1 is 0.970 bits per heavy atom. The largest absolute Gasteiger partial charge is 0.490 e. The van der Waals surface area contributed by atoms with E-state index in [-0.39, 0.29) is 4.90 Å². The number of nitrogens with zero attached hydrogens (tertiary/aromatic N) is 3. The number of benzene rings is 2. The number of sulfonamides is 1. The first-order valence-electron chi connectivity index (χ1n) is 11.3. The quantitative estimate of drug-likeness (QED) is 0.473. The normalized spacial score (nSPS) is 15.5. The SMILES string of the molecule is CCOc1ccc(-c2nc(-c3ccc(S(=O)(=O)N4CCC(C)CC4)cc3)no2)cc1OCC. The van der Waals surface area contributed by atoms with Gasteiger partial charge >= 0.3 is 0 Å². The molecule has 0 spiro atoms. The van der Waals surface area contributed by atoms with Crippen LogP contribution in [0.25, 0.3) is 22.8 Å². The summed E-state index contributed by atoms with van der Waals surface area (Å²) in [4.78, 5) is 4.76. The van der Waals surface area contributed by atoms with Gasteiger partial charge < -0.3 is 14.0 Å². The first-order chi connectivity index (χ1) is 15.9. The standard InChI is InChI=1S/C24H29N3O5S/c1-4-30-21-11-8-19(16-22(21)31-5-2)24-25-23(26-32-24)18-6-9-20(10-7-18)33(28,29)27-14-12-17(3)13-15-27/h6-11,16-17H,4-5,12-15H2,1-3H3. The van der Waals surface area contributed by atoms with Crippen molar-refractivity contribution in [2.24, 2.45) is 5.92 Å². The maximum absolute atomic E-state index is 12.9. The van der Waals surface area contributed by atoms with E-state index in [1.807, 2.05) is 26.0 Å². The van der Waals surface area contributed by atoms with Crippen LogP contribution in [0, 0.1) is 5.92 Å². The lowest BCUT2D eigenvalue weighted by molar-refractivity contribution is 0.288. The zero-order valence-electron chi connectivity index (χ0n) is 19.2. The molecule has 2 heterocycles. The highest BCUT2D eigenvalue weighted by atomic mass is 32.2. The van der Waals surface area contributed by atoms with E-state index >= 15 is 0 Å². The van der Waals surface area contributed by atoms with Gasteiger partial charge in [0.15, 0.2) is 11.5 Å². The smallest absolute Gasteiger partial charge is 0.258 e.